The topological polar surface area (TPSA) is 79.3 Å². The van der Waals surface area contributed by atoms with E-state index in [0.717, 1.165) is 23.6 Å². The number of nitrogens with one attached hydrogen (secondary N) is 2. The maximum absolute atomic E-state index is 12.1. The molecule has 8 heteroatoms. The van der Waals surface area contributed by atoms with Crippen molar-refractivity contribution >= 4 is 23.2 Å². The molecule has 0 aromatic carbocycles. The van der Waals surface area contributed by atoms with Crippen molar-refractivity contribution in [3.8, 4) is 0 Å². The van der Waals surface area contributed by atoms with Gasteiger partial charge in [-0.05, 0) is 55.2 Å². The Morgan fingerprint density at radius 1 is 1.33 bits per heavy atom. The molecule has 2 amide bonds. The number of aromatic nitrogens is 2. The summed E-state index contributed by atoms with van der Waals surface area (Å²) in [6.45, 7) is 1.62. The van der Waals surface area contributed by atoms with Gasteiger partial charge in [-0.2, -0.15) is 16.4 Å². The zero-order valence-corrected chi connectivity index (χ0v) is 16.7. The molecule has 2 aromatic heterocycles. The molecule has 0 spiro atoms. The predicted molar refractivity (Wildman–Crippen MR) is 105 cm³/mol. The highest BCUT2D eigenvalue weighted by molar-refractivity contribution is 7.07. The molecule has 0 radical (unpaired) electrons. The zero-order valence-electron chi connectivity index (χ0n) is 15.9. The van der Waals surface area contributed by atoms with Crippen molar-refractivity contribution in [2.45, 2.75) is 38.4 Å². The smallest absolute Gasteiger partial charge is 0.309 e. The highest BCUT2D eigenvalue weighted by Gasteiger charge is 2.20. The molecular formula is C19H27N5O2S. The van der Waals surface area contributed by atoms with Crippen LogP contribution in [0.5, 0.6) is 0 Å². The fourth-order valence-electron chi connectivity index (χ4n) is 3.13. The van der Waals surface area contributed by atoms with Crippen molar-refractivity contribution in [2.24, 2.45) is 5.92 Å². The van der Waals surface area contributed by atoms with Crippen LogP contribution in [0.1, 0.15) is 36.4 Å². The number of nitrogens with zero attached hydrogens (tertiary/aromatic N) is 3. The van der Waals surface area contributed by atoms with E-state index in [0.29, 0.717) is 13.1 Å². The van der Waals surface area contributed by atoms with Gasteiger partial charge in [0.15, 0.2) is 0 Å². The van der Waals surface area contributed by atoms with Crippen LogP contribution in [0.4, 0.5) is 0 Å². The third kappa shape index (κ3) is 5.40. The van der Waals surface area contributed by atoms with Crippen LogP contribution in [0, 0.1) is 5.92 Å². The van der Waals surface area contributed by atoms with Crippen LogP contribution in [0.25, 0.3) is 0 Å². The molecule has 1 atom stereocenters. The fraction of sp³-hybridized carbons (Fsp3) is 0.526. The van der Waals surface area contributed by atoms with E-state index < -0.39 is 11.8 Å². The molecular weight excluding hydrogens is 362 g/mol. The maximum Gasteiger partial charge on any atom is 0.309 e. The zero-order chi connectivity index (χ0) is 19.2. The van der Waals surface area contributed by atoms with Gasteiger partial charge in [-0.1, -0.05) is 6.42 Å². The Hall–Kier alpha value is -2.19. The average molecular weight is 390 g/mol. The maximum atomic E-state index is 12.1. The highest BCUT2D eigenvalue weighted by Crippen LogP contribution is 2.27. The normalized spacial score (nSPS) is 15.4. The molecule has 1 fully saturated rings. The number of hydrogen-bond acceptors (Lipinski definition) is 5. The molecule has 2 aromatic rings. The number of likely N-dealkylation sites (N-methyl/N-ethyl adjacent to an activating group) is 1. The van der Waals surface area contributed by atoms with Gasteiger partial charge < -0.3 is 15.5 Å². The minimum Gasteiger partial charge on any atom is -0.346 e. The molecule has 7 nitrogen and oxygen atoms in total. The van der Waals surface area contributed by atoms with Crippen LogP contribution in [-0.2, 0) is 22.7 Å². The number of carbonyl (C=O) groups excluding carboxylic acids is 2. The van der Waals surface area contributed by atoms with E-state index >= 15 is 0 Å². The summed E-state index contributed by atoms with van der Waals surface area (Å²) in [5, 5.41) is 13.8. The summed E-state index contributed by atoms with van der Waals surface area (Å²) in [5.74, 6) is -0.505. The van der Waals surface area contributed by atoms with E-state index in [1.54, 1.807) is 17.5 Å². The van der Waals surface area contributed by atoms with Gasteiger partial charge in [0.1, 0.15) is 0 Å². The Labute approximate surface area is 163 Å². The minimum atomic E-state index is -0.621. The second-order valence-corrected chi connectivity index (χ2v) is 8.08. The standard InChI is InChI=1S/C19H27N5O2S/c1-23(2)17(16-6-7-27-13-16)10-21-19(26)18(25)20-8-15-9-22-24(12-15)11-14-4-3-5-14/h6-7,9,12-14,17H,3-5,8,10-11H2,1-2H3,(H,20,25)(H,21,26). The largest absolute Gasteiger partial charge is 0.346 e. The van der Waals surface area contributed by atoms with Crippen LogP contribution in [0.15, 0.2) is 29.2 Å². The van der Waals surface area contributed by atoms with Gasteiger partial charge in [0, 0.05) is 31.4 Å². The Morgan fingerprint density at radius 3 is 2.74 bits per heavy atom. The number of amides is 2. The van der Waals surface area contributed by atoms with Gasteiger partial charge in [-0.3, -0.25) is 14.3 Å². The molecule has 2 heterocycles. The molecule has 1 aliphatic carbocycles. The van der Waals surface area contributed by atoms with Crippen LogP contribution >= 0.6 is 11.3 Å². The molecule has 3 rings (SSSR count). The van der Waals surface area contributed by atoms with Gasteiger partial charge in [-0.25, -0.2) is 0 Å². The lowest BCUT2D eigenvalue weighted by Gasteiger charge is -2.24. The fourth-order valence-corrected chi connectivity index (χ4v) is 3.84. The van der Waals surface area contributed by atoms with Gasteiger partial charge in [-0.15, -0.1) is 0 Å². The van der Waals surface area contributed by atoms with E-state index in [1.807, 2.05) is 41.3 Å². The number of rotatable bonds is 8. The molecule has 1 saturated carbocycles. The first kappa shape index (κ1) is 19.6. The summed E-state index contributed by atoms with van der Waals surface area (Å²) in [6, 6.07) is 2.07. The second kappa shape index (κ2) is 9.14. The quantitative estimate of drug-likeness (QED) is 0.675. The average Bonchev–Trinajstić information content (AvgIpc) is 3.27. The minimum absolute atomic E-state index is 0.0396. The monoisotopic (exact) mass is 389 g/mol. The summed E-state index contributed by atoms with van der Waals surface area (Å²) in [4.78, 5) is 26.2. The van der Waals surface area contributed by atoms with Crippen molar-refractivity contribution in [1.29, 1.82) is 0 Å². The first-order chi connectivity index (χ1) is 13.0. The van der Waals surface area contributed by atoms with Crippen LogP contribution in [-0.4, -0.2) is 47.1 Å². The number of thiophene rings is 1. The van der Waals surface area contributed by atoms with E-state index in [1.165, 1.54) is 19.3 Å². The molecule has 2 N–H and O–H groups in total. The first-order valence-electron chi connectivity index (χ1n) is 9.29. The van der Waals surface area contributed by atoms with E-state index in [2.05, 4.69) is 21.1 Å². The Kier molecular flexibility index (Phi) is 6.63. The van der Waals surface area contributed by atoms with Crippen molar-refractivity contribution in [3.63, 3.8) is 0 Å². The summed E-state index contributed by atoms with van der Waals surface area (Å²) in [6.07, 6.45) is 7.53. The molecule has 0 bridgehead atoms. The van der Waals surface area contributed by atoms with Gasteiger partial charge in [0.25, 0.3) is 0 Å². The number of carbonyl (C=O) groups is 2. The summed E-state index contributed by atoms with van der Waals surface area (Å²) in [5.41, 5.74) is 2.03. The lowest BCUT2D eigenvalue weighted by molar-refractivity contribution is -0.139. The van der Waals surface area contributed by atoms with Crippen molar-refractivity contribution in [3.05, 3.63) is 40.3 Å². The van der Waals surface area contributed by atoms with Crippen molar-refractivity contribution in [2.75, 3.05) is 20.6 Å². The van der Waals surface area contributed by atoms with Gasteiger partial charge in [0.2, 0.25) is 0 Å². The first-order valence-corrected chi connectivity index (χ1v) is 10.2. The van der Waals surface area contributed by atoms with Gasteiger partial charge >= 0.3 is 11.8 Å². The van der Waals surface area contributed by atoms with E-state index in [-0.39, 0.29) is 6.04 Å². The molecule has 1 aliphatic rings. The van der Waals surface area contributed by atoms with Crippen LogP contribution in [0.2, 0.25) is 0 Å². The van der Waals surface area contributed by atoms with Crippen LogP contribution in [0.3, 0.4) is 0 Å². The molecule has 146 valence electrons. The van der Waals surface area contributed by atoms with E-state index in [9.17, 15) is 9.59 Å². The van der Waals surface area contributed by atoms with Gasteiger partial charge in [0.05, 0.1) is 12.2 Å². The molecule has 0 aliphatic heterocycles. The summed E-state index contributed by atoms with van der Waals surface area (Å²) >= 11 is 1.62. The Bertz CT molecular complexity index is 752. The Balaban J connectivity index is 1.42. The van der Waals surface area contributed by atoms with Crippen LogP contribution < -0.4 is 10.6 Å². The lowest BCUT2D eigenvalue weighted by atomic mass is 9.85. The third-order valence-electron chi connectivity index (χ3n) is 5.02. The lowest BCUT2D eigenvalue weighted by Crippen LogP contribution is -2.42. The molecule has 1 unspecified atom stereocenters. The molecule has 0 saturated heterocycles. The highest BCUT2D eigenvalue weighted by atomic mass is 32.1. The summed E-state index contributed by atoms with van der Waals surface area (Å²) in [7, 11) is 3.91. The molecule has 27 heavy (non-hydrogen) atoms. The number of hydrogen-bond donors (Lipinski definition) is 2. The third-order valence-corrected chi connectivity index (χ3v) is 5.72. The van der Waals surface area contributed by atoms with Crippen molar-refractivity contribution < 1.29 is 9.59 Å². The SMILES string of the molecule is CN(C)C(CNC(=O)C(=O)NCc1cnn(CC2CCC2)c1)c1ccsc1. The van der Waals surface area contributed by atoms with Crippen molar-refractivity contribution in [1.82, 2.24) is 25.3 Å². The second-order valence-electron chi connectivity index (χ2n) is 7.30. The predicted octanol–water partition coefficient (Wildman–Crippen LogP) is 1.78. The Morgan fingerprint density at radius 2 is 2.11 bits per heavy atom. The summed E-state index contributed by atoms with van der Waals surface area (Å²) < 4.78 is 1.92. The van der Waals surface area contributed by atoms with E-state index in [4.69, 9.17) is 0 Å².